The number of hydrogen-bond acceptors (Lipinski definition) is 8. The van der Waals surface area contributed by atoms with E-state index in [2.05, 4.69) is 25.3 Å². The van der Waals surface area contributed by atoms with Gasteiger partial charge in [0, 0.05) is 27.7 Å². The normalized spacial score (nSPS) is 11.1. The smallest absolute Gasteiger partial charge is 0.272 e. The average molecular weight is 590 g/mol. The van der Waals surface area contributed by atoms with E-state index in [0.29, 0.717) is 21.5 Å². The van der Waals surface area contributed by atoms with Crippen LogP contribution in [-0.4, -0.2) is 38.6 Å². The first-order chi connectivity index (χ1) is 19.4. The van der Waals surface area contributed by atoms with Crippen LogP contribution in [0.2, 0.25) is 0 Å². The quantitative estimate of drug-likeness (QED) is 0.143. The summed E-state index contributed by atoms with van der Waals surface area (Å²) >= 11 is 3.99. The van der Waals surface area contributed by atoms with Crippen LogP contribution in [-0.2, 0) is 9.59 Å². The van der Waals surface area contributed by atoms with Gasteiger partial charge in [-0.05, 0) is 54.6 Å². The molecule has 0 aliphatic heterocycles. The Hall–Kier alpha value is -3.93. The van der Waals surface area contributed by atoms with Crippen molar-refractivity contribution in [2.45, 2.75) is 23.9 Å². The van der Waals surface area contributed by atoms with Crippen molar-refractivity contribution in [1.29, 1.82) is 0 Å². The molecule has 0 bridgehead atoms. The Morgan fingerprint density at radius 3 is 2.50 bits per heavy atom. The zero-order valence-corrected chi connectivity index (χ0v) is 24.3. The fourth-order valence-electron chi connectivity index (χ4n) is 3.48. The molecule has 0 aliphatic carbocycles. The van der Waals surface area contributed by atoms with Gasteiger partial charge >= 0.3 is 0 Å². The molecule has 1 heterocycles. The molecule has 3 aromatic carbocycles. The molecule has 0 aliphatic rings. The minimum atomic E-state index is -0.470. The van der Waals surface area contributed by atoms with Gasteiger partial charge in [-0.1, -0.05) is 72.8 Å². The van der Waals surface area contributed by atoms with Crippen LogP contribution in [0, 0.1) is 6.92 Å². The van der Waals surface area contributed by atoms with Crippen LogP contribution in [0.4, 0.5) is 10.8 Å². The van der Waals surface area contributed by atoms with Gasteiger partial charge in [0.25, 0.3) is 11.8 Å². The van der Waals surface area contributed by atoms with Crippen molar-refractivity contribution in [3.63, 3.8) is 0 Å². The Labute approximate surface area is 245 Å². The molecule has 8 nitrogen and oxygen atoms in total. The van der Waals surface area contributed by atoms with E-state index in [1.54, 1.807) is 48.5 Å². The van der Waals surface area contributed by atoms with Crippen LogP contribution in [0.15, 0.2) is 94.6 Å². The van der Waals surface area contributed by atoms with Crippen LogP contribution in [0.3, 0.4) is 0 Å². The summed E-state index contributed by atoms with van der Waals surface area (Å²) in [5, 5.41) is 9.49. The van der Waals surface area contributed by atoms with Gasteiger partial charge in [-0.25, -0.2) is 0 Å². The lowest BCUT2D eigenvalue weighted by Gasteiger charge is -2.12. The highest BCUT2D eigenvalue weighted by Crippen LogP contribution is 2.24. The number of nitrogens with one attached hydrogen (secondary N) is 3. The number of rotatable bonds is 11. The largest absolute Gasteiger partial charge is 0.321 e. The first-order valence-electron chi connectivity index (χ1n) is 12.3. The van der Waals surface area contributed by atoms with Crippen molar-refractivity contribution < 1.29 is 14.4 Å². The third-order valence-corrected chi connectivity index (χ3v) is 7.74. The van der Waals surface area contributed by atoms with E-state index >= 15 is 0 Å². The fourth-order valence-corrected chi connectivity index (χ4v) is 5.53. The maximum atomic E-state index is 13.3. The fraction of sp³-hybridized carbons (Fsp3) is 0.138. The Balaban J connectivity index is 1.42. The molecule has 0 atom stereocenters. The lowest BCUT2D eigenvalue weighted by atomic mass is 10.1. The zero-order valence-electron chi connectivity index (χ0n) is 21.8. The van der Waals surface area contributed by atoms with Crippen LogP contribution < -0.4 is 16.0 Å². The predicted molar refractivity (Wildman–Crippen MR) is 164 cm³/mol. The van der Waals surface area contributed by atoms with Crippen molar-refractivity contribution in [2.75, 3.05) is 22.1 Å². The Morgan fingerprint density at radius 2 is 1.73 bits per heavy atom. The highest BCUT2D eigenvalue weighted by atomic mass is 32.2. The monoisotopic (exact) mass is 589 g/mol. The summed E-state index contributed by atoms with van der Waals surface area (Å²) in [5.41, 5.74) is 2.89. The summed E-state index contributed by atoms with van der Waals surface area (Å²) in [6.07, 6.45) is 1.64. The molecule has 0 saturated carbocycles. The van der Waals surface area contributed by atoms with Gasteiger partial charge in [-0.3, -0.25) is 19.7 Å². The van der Waals surface area contributed by atoms with Crippen LogP contribution in [0.5, 0.6) is 0 Å². The van der Waals surface area contributed by atoms with Crippen LogP contribution in [0.1, 0.15) is 28.4 Å². The maximum absolute atomic E-state index is 13.3. The summed E-state index contributed by atoms with van der Waals surface area (Å²) in [7, 11) is 0. The number of carbonyl (C=O) groups is 3. The van der Waals surface area contributed by atoms with Gasteiger partial charge in [0.15, 0.2) is 0 Å². The molecule has 0 saturated heterocycles. The number of hydrogen-bond donors (Lipinski definition) is 3. The van der Waals surface area contributed by atoms with Crippen molar-refractivity contribution in [1.82, 2.24) is 14.7 Å². The van der Waals surface area contributed by atoms with E-state index in [4.69, 9.17) is 0 Å². The number of carbonyl (C=O) groups excluding carboxylic acids is 3. The summed E-state index contributed by atoms with van der Waals surface area (Å²) in [4.78, 5) is 43.7. The molecule has 3 N–H and O–H groups in total. The van der Waals surface area contributed by atoms with E-state index < -0.39 is 5.91 Å². The summed E-state index contributed by atoms with van der Waals surface area (Å²) < 4.78 is 4.20. The van der Waals surface area contributed by atoms with Crippen molar-refractivity contribution in [3.8, 4) is 0 Å². The molecule has 40 heavy (non-hydrogen) atoms. The molecule has 0 fully saturated rings. The second kappa shape index (κ2) is 14.5. The third kappa shape index (κ3) is 8.80. The molecule has 4 aromatic rings. The highest BCUT2D eigenvalue weighted by molar-refractivity contribution is 8.00. The molecular weight excluding hydrogens is 563 g/mol. The molecule has 0 unspecified atom stereocenters. The number of aromatic nitrogens is 2. The van der Waals surface area contributed by atoms with Gasteiger partial charge in [0.2, 0.25) is 16.2 Å². The van der Waals surface area contributed by atoms with Crippen molar-refractivity contribution in [2.24, 2.45) is 0 Å². The Kier molecular flexibility index (Phi) is 10.5. The van der Waals surface area contributed by atoms with Gasteiger partial charge in [-0.2, -0.15) is 9.36 Å². The molecule has 4 rings (SSSR count). The van der Waals surface area contributed by atoms with Crippen LogP contribution >= 0.6 is 35.1 Å². The van der Waals surface area contributed by atoms with Gasteiger partial charge in [0.05, 0.1) is 5.75 Å². The minimum Gasteiger partial charge on any atom is -0.321 e. The highest BCUT2D eigenvalue weighted by Gasteiger charge is 2.16. The number of amides is 3. The standard InChI is InChI=1S/C29H27N5O3S3/c1-3-38-29-33-28(40-34-29)32-25(35)18-39-23-14-8-13-22(17-23)30-27(37)24(16-20-10-7-9-19(2)15-20)31-26(36)21-11-5-4-6-12-21/h4-17H,3,18H2,1-2H3,(H,30,37)(H,31,36)(H,32,33,34,35)/b24-16+. The van der Waals surface area contributed by atoms with E-state index in [0.717, 1.165) is 33.3 Å². The van der Waals surface area contributed by atoms with Crippen LogP contribution in [0.25, 0.3) is 6.08 Å². The van der Waals surface area contributed by atoms with Gasteiger partial charge < -0.3 is 10.6 Å². The number of aryl methyl sites for hydroxylation is 1. The number of anilines is 2. The molecule has 204 valence electrons. The Morgan fingerprint density at radius 1 is 0.925 bits per heavy atom. The predicted octanol–water partition coefficient (Wildman–Crippen LogP) is 6.10. The van der Waals surface area contributed by atoms with E-state index in [1.165, 1.54) is 23.5 Å². The molecule has 3 amide bonds. The lowest BCUT2D eigenvalue weighted by molar-refractivity contribution is -0.114. The SMILES string of the molecule is CCSc1nsc(NC(=O)CSc2cccc(NC(=O)/C(=C\c3cccc(C)c3)NC(=O)c3ccccc3)c2)n1. The number of thioether (sulfide) groups is 2. The summed E-state index contributed by atoms with van der Waals surface area (Å²) in [6, 6.07) is 23.5. The second-order valence-corrected chi connectivity index (χ2v) is 11.5. The summed E-state index contributed by atoms with van der Waals surface area (Å²) in [5.74, 6) is -0.0342. The summed E-state index contributed by atoms with van der Waals surface area (Å²) in [6.45, 7) is 3.97. The average Bonchev–Trinajstić information content (AvgIpc) is 3.39. The van der Waals surface area contributed by atoms with Gasteiger partial charge in [0.1, 0.15) is 5.70 Å². The lowest BCUT2D eigenvalue weighted by Crippen LogP contribution is -2.30. The second-order valence-electron chi connectivity index (χ2n) is 8.43. The first-order valence-corrected chi connectivity index (χ1v) is 15.1. The van der Waals surface area contributed by atoms with E-state index in [9.17, 15) is 14.4 Å². The Bertz CT molecular complexity index is 1520. The van der Waals surface area contributed by atoms with Gasteiger partial charge in [-0.15, -0.1) is 11.8 Å². The molecular formula is C29H27N5O3S3. The van der Waals surface area contributed by atoms with E-state index in [1.807, 2.05) is 50.2 Å². The zero-order chi connectivity index (χ0) is 28.3. The maximum Gasteiger partial charge on any atom is 0.272 e. The number of nitrogens with zero attached hydrogens (tertiary/aromatic N) is 2. The van der Waals surface area contributed by atoms with E-state index in [-0.39, 0.29) is 23.3 Å². The first kappa shape index (κ1) is 29.1. The molecule has 11 heteroatoms. The molecule has 0 radical (unpaired) electrons. The third-order valence-electron chi connectivity index (χ3n) is 5.27. The number of benzene rings is 3. The van der Waals surface area contributed by atoms with Crippen molar-refractivity contribution in [3.05, 3.63) is 101 Å². The topological polar surface area (TPSA) is 113 Å². The molecule has 0 spiro atoms. The molecule has 1 aromatic heterocycles. The minimum absolute atomic E-state index is 0.106. The van der Waals surface area contributed by atoms with Crippen molar-refractivity contribution >= 4 is 69.7 Å².